The highest BCUT2D eigenvalue weighted by Gasteiger charge is 2.08. The molecule has 0 spiro atoms. The molecule has 0 fully saturated rings. The molecule has 1 heterocycles. The topological polar surface area (TPSA) is 58.9 Å². The van der Waals surface area contributed by atoms with Crippen LogP contribution in [-0.2, 0) is 6.42 Å². The number of aryl methyl sites for hydroxylation is 1. The Morgan fingerprint density at radius 1 is 1.11 bits per heavy atom. The van der Waals surface area contributed by atoms with Crippen LogP contribution in [0.2, 0.25) is 0 Å². The molecule has 3 N–H and O–H groups in total. The molecule has 1 aromatic heterocycles. The smallest absolute Gasteiger partial charge is 0.212 e. The number of pyridine rings is 1. The van der Waals surface area contributed by atoms with Crippen LogP contribution in [0.4, 0.5) is 5.69 Å². The highest BCUT2D eigenvalue weighted by atomic mass is 16.1. The summed E-state index contributed by atoms with van der Waals surface area (Å²) in [6, 6.07) is 7.53. The lowest BCUT2D eigenvalue weighted by atomic mass is 10.1. The van der Waals surface area contributed by atoms with E-state index >= 15 is 0 Å². The lowest BCUT2D eigenvalue weighted by molar-refractivity contribution is 0.629. The molecule has 19 heavy (non-hydrogen) atoms. The number of hydrogen-bond acceptors (Lipinski definition) is 2. The molecule has 2 aromatic rings. The molecule has 0 saturated carbocycles. The fraction of sp³-hybridized carbons (Fsp3) is 0.438. The summed E-state index contributed by atoms with van der Waals surface area (Å²) in [5, 5.41) is 0.676. The third-order valence-corrected chi connectivity index (χ3v) is 3.56. The number of para-hydroxylation sites is 1. The molecule has 3 heteroatoms. The average Bonchev–Trinajstić information content (AvgIpc) is 2.44. The van der Waals surface area contributed by atoms with Gasteiger partial charge in [0.2, 0.25) is 5.43 Å². The first-order valence-electron chi connectivity index (χ1n) is 7.13. The Kier molecular flexibility index (Phi) is 4.61. The van der Waals surface area contributed by atoms with Crippen LogP contribution in [0.5, 0.6) is 0 Å². The number of nitrogen functional groups attached to an aromatic ring is 1. The standard InChI is InChI=1S/C16H22N2O/c1-2-3-4-5-6-11-14-15(17)16(19)12-9-7-8-10-13(12)18-14/h7-10H,2-6,11,17H2,1H3,(H,18,19). The molecule has 0 atom stereocenters. The molecule has 0 unspecified atom stereocenters. The van der Waals surface area contributed by atoms with E-state index in [1.807, 2.05) is 24.3 Å². The van der Waals surface area contributed by atoms with Crippen LogP contribution >= 0.6 is 0 Å². The van der Waals surface area contributed by atoms with Crippen molar-refractivity contribution < 1.29 is 0 Å². The Balaban J connectivity index is 2.15. The molecule has 2 rings (SSSR count). The van der Waals surface area contributed by atoms with Gasteiger partial charge in [-0.25, -0.2) is 0 Å². The summed E-state index contributed by atoms with van der Waals surface area (Å²) in [4.78, 5) is 15.4. The summed E-state index contributed by atoms with van der Waals surface area (Å²) >= 11 is 0. The maximum absolute atomic E-state index is 12.1. The van der Waals surface area contributed by atoms with Gasteiger partial charge in [0.25, 0.3) is 0 Å². The predicted octanol–water partition coefficient (Wildman–Crippen LogP) is 3.62. The van der Waals surface area contributed by atoms with Crippen LogP contribution < -0.4 is 11.2 Å². The fourth-order valence-electron chi connectivity index (χ4n) is 2.40. The highest BCUT2D eigenvalue weighted by Crippen LogP contribution is 2.15. The highest BCUT2D eigenvalue weighted by molar-refractivity contribution is 5.81. The van der Waals surface area contributed by atoms with Gasteiger partial charge in [-0.05, 0) is 25.0 Å². The molecule has 0 bridgehead atoms. The molecular weight excluding hydrogens is 236 g/mol. The Labute approximate surface area is 113 Å². The Bertz CT molecular complexity index is 601. The van der Waals surface area contributed by atoms with Crippen LogP contribution in [0.25, 0.3) is 10.9 Å². The summed E-state index contributed by atoms with van der Waals surface area (Å²) in [5.74, 6) is 0. The number of aromatic nitrogens is 1. The number of anilines is 1. The Morgan fingerprint density at radius 2 is 1.84 bits per heavy atom. The van der Waals surface area contributed by atoms with E-state index in [2.05, 4.69) is 11.9 Å². The van der Waals surface area contributed by atoms with Gasteiger partial charge in [0.05, 0.1) is 5.69 Å². The number of nitrogens with one attached hydrogen (secondary N) is 1. The molecule has 1 aromatic carbocycles. The molecule has 0 aliphatic rings. The van der Waals surface area contributed by atoms with Crippen molar-refractivity contribution in [1.29, 1.82) is 0 Å². The van der Waals surface area contributed by atoms with E-state index in [1.54, 1.807) is 0 Å². The van der Waals surface area contributed by atoms with Gasteiger partial charge in [-0.1, -0.05) is 44.7 Å². The molecular formula is C16H22N2O. The van der Waals surface area contributed by atoms with Gasteiger partial charge in [-0.3, -0.25) is 4.79 Å². The lowest BCUT2D eigenvalue weighted by Gasteiger charge is -2.08. The van der Waals surface area contributed by atoms with Gasteiger partial charge in [0.15, 0.2) is 0 Å². The molecule has 3 nitrogen and oxygen atoms in total. The van der Waals surface area contributed by atoms with Crippen molar-refractivity contribution in [2.75, 3.05) is 5.73 Å². The number of rotatable bonds is 6. The van der Waals surface area contributed by atoms with Crippen molar-refractivity contribution in [2.45, 2.75) is 45.4 Å². The minimum Gasteiger partial charge on any atom is -0.394 e. The molecule has 0 amide bonds. The monoisotopic (exact) mass is 258 g/mol. The summed E-state index contributed by atoms with van der Waals surface area (Å²) in [7, 11) is 0. The van der Waals surface area contributed by atoms with Crippen molar-refractivity contribution in [3.63, 3.8) is 0 Å². The summed E-state index contributed by atoms with van der Waals surface area (Å²) in [6.45, 7) is 2.21. The number of unbranched alkanes of at least 4 members (excludes halogenated alkanes) is 4. The molecule has 0 radical (unpaired) electrons. The minimum absolute atomic E-state index is 0.0436. The van der Waals surface area contributed by atoms with E-state index in [9.17, 15) is 4.79 Å². The zero-order valence-electron chi connectivity index (χ0n) is 11.5. The van der Waals surface area contributed by atoms with Crippen molar-refractivity contribution in [3.05, 3.63) is 40.2 Å². The van der Waals surface area contributed by atoms with E-state index in [-0.39, 0.29) is 5.43 Å². The molecule has 0 aliphatic carbocycles. The lowest BCUT2D eigenvalue weighted by Crippen LogP contribution is -2.13. The quantitative estimate of drug-likeness (QED) is 0.777. The van der Waals surface area contributed by atoms with Gasteiger partial charge in [-0.15, -0.1) is 0 Å². The maximum Gasteiger partial charge on any atom is 0.212 e. The normalized spacial score (nSPS) is 11.0. The van der Waals surface area contributed by atoms with Crippen LogP contribution in [0.15, 0.2) is 29.1 Å². The van der Waals surface area contributed by atoms with E-state index in [0.717, 1.165) is 24.1 Å². The van der Waals surface area contributed by atoms with Gasteiger partial charge < -0.3 is 10.7 Å². The summed E-state index contributed by atoms with van der Waals surface area (Å²) < 4.78 is 0. The van der Waals surface area contributed by atoms with Crippen LogP contribution in [0, 0.1) is 0 Å². The zero-order valence-corrected chi connectivity index (χ0v) is 11.5. The first kappa shape index (κ1) is 13.7. The number of fused-ring (bicyclic) bond motifs is 1. The Hall–Kier alpha value is -1.77. The third-order valence-electron chi connectivity index (χ3n) is 3.56. The molecule has 0 aliphatic heterocycles. The second kappa shape index (κ2) is 6.41. The minimum atomic E-state index is -0.0436. The van der Waals surface area contributed by atoms with Crippen LogP contribution in [-0.4, -0.2) is 4.98 Å². The Morgan fingerprint density at radius 3 is 2.63 bits per heavy atom. The van der Waals surface area contributed by atoms with Gasteiger partial charge in [0.1, 0.15) is 0 Å². The predicted molar refractivity (Wildman–Crippen MR) is 81.4 cm³/mol. The SMILES string of the molecule is CCCCCCCc1[nH]c2ccccc2c(=O)c1N. The van der Waals surface area contributed by atoms with Crippen LogP contribution in [0.1, 0.15) is 44.7 Å². The van der Waals surface area contributed by atoms with E-state index in [1.165, 1.54) is 25.7 Å². The number of aromatic amines is 1. The first-order valence-corrected chi connectivity index (χ1v) is 7.13. The second-order valence-corrected chi connectivity index (χ2v) is 5.06. The molecule has 102 valence electrons. The van der Waals surface area contributed by atoms with Gasteiger partial charge in [-0.2, -0.15) is 0 Å². The third kappa shape index (κ3) is 3.16. The number of H-pyrrole nitrogens is 1. The zero-order chi connectivity index (χ0) is 13.7. The van der Waals surface area contributed by atoms with E-state index < -0.39 is 0 Å². The second-order valence-electron chi connectivity index (χ2n) is 5.06. The largest absolute Gasteiger partial charge is 0.394 e. The van der Waals surface area contributed by atoms with Crippen LogP contribution in [0.3, 0.4) is 0 Å². The van der Waals surface area contributed by atoms with Crippen molar-refractivity contribution in [1.82, 2.24) is 4.98 Å². The van der Waals surface area contributed by atoms with Crippen molar-refractivity contribution in [2.24, 2.45) is 0 Å². The van der Waals surface area contributed by atoms with E-state index in [0.29, 0.717) is 11.1 Å². The number of hydrogen-bond donors (Lipinski definition) is 2. The average molecular weight is 258 g/mol. The fourth-order valence-corrected chi connectivity index (χ4v) is 2.40. The van der Waals surface area contributed by atoms with Gasteiger partial charge >= 0.3 is 0 Å². The van der Waals surface area contributed by atoms with Gasteiger partial charge in [0, 0.05) is 16.6 Å². The molecule has 0 saturated heterocycles. The number of nitrogens with two attached hydrogens (primary N) is 1. The first-order chi connectivity index (χ1) is 9.24. The maximum atomic E-state index is 12.1. The number of benzene rings is 1. The van der Waals surface area contributed by atoms with E-state index in [4.69, 9.17) is 5.73 Å². The summed E-state index contributed by atoms with van der Waals surface area (Å²) in [6.07, 6.45) is 6.92. The van der Waals surface area contributed by atoms with Crippen molar-refractivity contribution in [3.8, 4) is 0 Å². The van der Waals surface area contributed by atoms with Crippen molar-refractivity contribution >= 4 is 16.6 Å². The summed E-state index contributed by atoms with van der Waals surface area (Å²) in [5.41, 5.74) is 8.05.